The molecule has 0 aromatic heterocycles. The Bertz CT molecular complexity index is 609. The number of aliphatic hydroxyl groups excluding tert-OH is 1. The van der Waals surface area contributed by atoms with Crippen molar-refractivity contribution in [1.82, 2.24) is 0 Å². The first-order chi connectivity index (χ1) is 11.2. The number of aliphatic hydroxyl groups is 1. The van der Waals surface area contributed by atoms with Gasteiger partial charge in [0.2, 0.25) is 0 Å². The lowest BCUT2D eigenvalue weighted by Crippen LogP contribution is -2.37. The molecule has 2 saturated heterocycles. The van der Waals surface area contributed by atoms with Gasteiger partial charge < -0.3 is 19.3 Å². The van der Waals surface area contributed by atoms with Crippen molar-refractivity contribution in [3.8, 4) is 0 Å². The van der Waals surface area contributed by atoms with Crippen LogP contribution in [0.25, 0.3) is 0 Å². The van der Waals surface area contributed by atoms with Crippen molar-refractivity contribution in [2.24, 2.45) is 5.92 Å². The first-order valence-corrected chi connectivity index (χ1v) is 8.38. The summed E-state index contributed by atoms with van der Waals surface area (Å²) in [5.41, 5.74) is 0.537. The SMILES string of the molecule is C=C1C(=O)O[C@@H]2/C=C(/C)[C@@H](O)C[C@H]3O[C@]3(C)C[C@@H](OC(=O)CC)[C@@H]12. The second-order valence-corrected chi connectivity index (χ2v) is 7.09. The average molecular weight is 336 g/mol. The van der Waals surface area contributed by atoms with Gasteiger partial charge in [0, 0.05) is 24.8 Å². The van der Waals surface area contributed by atoms with Crippen molar-refractivity contribution in [1.29, 1.82) is 0 Å². The lowest BCUT2D eigenvalue weighted by Gasteiger charge is -2.28. The second-order valence-electron chi connectivity index (χ2n) is 7.09. The lowest BCUT2D eigenvalue weighted by atomic mass is 9.82. The molecule has 0 spiro atoms. The highest BCUT2D eigenvalue weighted by atomic mass is 16.6. The summed E-state index contributed by atoms with van der Waals surface area (Å²) in [5, 5.41) is 10.3. The largest absolute Gasteiger partial charge is 0.461 e. The van der Waals surface area contributed by atoms with Crippen LogP contribution in [-0.2, 0) is 23.8 Å². The predicted octanol–water partition coefficient (Wildman–Crippen LogP) is 1.66. The average Bonchev–Trinajstić information content (AvgIpc) is 3.04. The highest BCUT2D eigenvalue weighted by Gasteiger charge is 2.57. The number of hydrogen-bond donors (Lipinski definition) is 1. The van der Waals surface area contributed by atoms with Crippen molar-refractivity contribution >= 4 is 11.9 Å². The van der Waals surface area contributed by atoms with E-state index in [9.17, 15) is 14.7 Å². The standard InChI is InChI=1S/C18H24O6/c1-5-15(20)22-13-8-18(4)14(24-18)7-11(19)9(2)6-12-16(13)10(3)17(21)23-12/h6,11-14,16,19H,3,5,7-8H2,1-2,4H3/b9-6-/t11-,12+,13+,14+,16-,18+/m0/s1. The number of fused-ring (bicyclic) bond motifs is 2. The summed E-state index contributed by atoms with van der Waals surface area (Å²) in [6.45, 7) is 9.30. The van der Waals surface area contributed by atoms with E-state index >= 15 is 0 Å². The molecule has 1 aliphatic carbocycles. The van der Waals surface area contributed by atoms with Gasteiger partial charge in [0.25, 0.3) is 0 Å². The molecule has 6 heteroatoms. The summed E-state index contributed by atoms with van der Waals surface area (Å²) >= 11 is 0. The van der Waals surface area contributed by atoms with Crippen LogP contribution >= 0.6 is 0 Å². The molecule has 0 amide bonds. The number of rotatable bonds is 2. The van der Waals surface area contributed by atoms with Crippen LogP contribution in [-0.4, -0.2) is 47.1 Å². The van der Waals surface area contributed by atoms with E-state index in [1.165, 1.54) is 0 Å². The molecule has 0 radical (unpaired) electrons. The molecule has 6 nitrogen and oxygen atoms in total. The molecule has 0 unspecified atom stereocenters. The van der Waals surface area contributed by atoms with Gasteiger partial charge in [-0.1, -0.05) is 13.5 Å². The van der Waals surface area contributed by atoms with E-state index in [1.807, 2.05) is 6.92 Å². The van der Waals surface area contributed by atoms with E-state index in [2.05, 4.69) is 6.58 Å². The Balaban J connectivity index is 1.97. The summed E-state index contributed by atoms with van der Waals surface area (Å²) in [7, 11) is 0. The summed E-state index contributed by atoms with van der Waals surface area (Å²) in [4.78, 5) is 23.9. The zero-order chi connectivity index (χ0) is 17.6. The van der Waals surface area contributed by atoms with Crippen LogP contribution < -0.4 is 0 Å². The van der Waals surface area contributed by atoms with Crippen LogP contribution in [0.4, 0.5) is 0 Å². The van der Waals surface area contributed by atoms with E-state index in [1.54, 1.807) is 19.9 Å². The third-order valence-electron chi connectivity index (χ3n) is 5.27. The number of carbonyl (C=O) groups is 2. The maximum Gasteiger partial charge on any atom is 0.334 e. The van der Waals surface area contributed by atoms with Crippen molar-refractivity contribution < 1.29 is 28.9 Å². The van der Waals surface area contributed by atoms with Crippen LogP contribution in [0, 0.1) is 5.92 Å². The Labute approximate surface area is 141 Å². The molecule has 6 atom stereocenters. The molecular weight excluding hydrogens is 312 g/mol. The van der Waals surface area contributed by atoms with Crippen molar-refractivity contribution in [3.05, 3.63) is 23.8 Å². The van der Waals surface area contributed by atoms with Crippen LogP contribution in [0.3, 0.4) is 0 Å². The Morgan fingerprint density at radius 2 is 2.25 bits per heavy atom. The minimum atomic E-state index is -0.653. The molecule has 0 saturated carbocycles. The van der Waals surface area contributed by atoms with Gasteiger partial charge in [0.05, 0.1) is 23.7 Å². The molecule has 0 aromatic carbocycles. The lowest BCUT2D eigenvalue weighted by molar-refractivity contribution is -0.152. The highest BCUT2D eigenvalue weighted by Crippen LogP contribution is 2.47. The fraction of sp³-hybridized carbons (Fsp3) is 0.667. The highest BCUT2D eigenvalue weighted by molar-refractivity contribution is 5.91. The third-order valence-corrected chi connectivity index (χ3v) is 5.27. The molecule has 2 heterocycles. The molecule has 3 aliphatic rings. The molecule has 2 aliphatic heterocycles. The molecule has 24 heavy (non-hydrogen) atoms. The minimum Gasteiger partial charge on any atom is -0.461 e. The van der Waals surface area contributed by atoms with Crippen molar-refractivity contribution in [3.63, 3.8) is 0 Å². The van der Waals surface area contributed by atoms with Gasteiger partial charge in [-0.15, -0.1) is 0 Å². The summed E-state index contributed by atoms with van der Waals surface area (Å²) in [6, 6.07) is 0. The van der Waals surface area contributed by atoms with Gasteiger partial charge >= 0.3 is 11.9 Å². The first-order valence-electron chi connectivity index (χ1n) is 8.38. The Kier molecular flexibility index (Phi) is 4.30. The maximum atomic E-state index is 12.0. The molecule has 0 bridgehead atoms. The first kappa shape index (κ1) is 17.2. The van der Waals surface area contributed by atoms with Gasteiger partial charge in [-0.3, -0.25) is 4.79 Å². The smallest absolute Gasteiger partial charge is 0.334 e. The summed E-state index contributed by atoms with van der Waals surface area (Å²) < 4.78 is 16.8. The van der Waals surface area contributed by atoms with E-state index in [0.29, 0.717) is 24.0 Å². The van der Waals surface area contributed by atoms with Crippen LogP contribution in [0.1, 0.15) is 40.0 Å². The number of hydrogen-bond acceptors (Lipinski definition) is 6. The van der Waals surface area contributed by atoms with E-state index in [0.717, 1.165) is 0 Å². The van der Waals surface area contributed by atoms with E-state index in [-0.39, 0.29) is 18.5 Å². The van der Waals surface area contributed by atoms with Gasteiger partial charge in [0.15, 0.2) is 0 Å². The maximum absolute atomic E-state index is 12.0. The summed E-state index contributed by atoms with van der Waals surface area (Å²) in [5.74, 6) is -1.28. The Morgan fingerprint density at radius 3 is 2.92 bits per heavy atom. The summed E-state index contributed by atoms with van der Waals surface area (Å²) in [6.07, 6.45) is 1.03. The van der Waals surface area contributed by atoms with Crippen LogP contribution in [0.15, 0.2) is 23.8 Å². The topological polar surface area (TPSA) is 85.4 Å². The molecule has 1 N–H and O–H groups in total. The number of carbonyl (C=O) groups excluding carboxylic acids is 2. The number of esters is 2. The van der Waals surface area contributed by atoms with E-state index in [4.69, 9.17) is 14.2 Å². The quantitative estimate of drug-likeness (QED) is 0.357. The zero-order valence-corrected chi connectivity index (χ0v) is 14.3. The minimum absolute atomic E-state index is 0.0958. The van der Waals surface area contributed by atoms with E-state index < -0.39 is 35.8 Å². The Morgan fingerprint density at radius 1 is 1.54 bits per heavy atom. The molecule has 2 fully saturated rings. The Hall–Kier alpha value is -1.66. The predicted molar refractivity (Wildman–Crippen MR) is 85.0 cm³/mol. The molecular formula is C18H24O6. The molecule has 0 aromatic rings. The molecule has 132 valence electrons. The van der Waals surface area contributed by atoms with Crippen molar-refractivity contribution in [2.75, 3.05) is 0 Å². The number of epoxide rings is 1. The number of ether oxygens (including phenoxy) is 3. The third kappa shape index (κ3) is 3.00. The van der Waals surface area contributed by atoms with Gasteiger partial charge in [-0.2, -0.15) is 0 Å². The van der Waals surface area contributed by atoms with Gasteiger partial charge in [-0.05, 0) is 25.5 Å². The molecule has 3 rings (SSSR count). The zero-order valence-electron chi connectivity index (χ0n) is 14.3. The fourth-order valence-corrected chi connectivity index (χ4v) is 3.60. The van der Waals surface area contributed by atoms with Gasteiger partial charge in [-0.25, -0.2) is 4.79 Å². The normalized spacial score (nSPS) is 43.8. The van der Waals surface area contributed by atoms with Crippen LogP contribution in [0.2, 0.25) is 0 Å². The van der Waals surface area contributed by atoms with Gasteiger partial charge in [0.1, 0.15) is 12.2 Å². The van der Waals surface area contributed by atoms with Crippen LogP contribution in [0.5, 0.6) is 0 Å². The second kappa shape index (κ2) is 6.01. The fourth-order valence-electron chi connectivity index (χ4n) is 3.60. The monoisotopic (exact) mass is 336 g/mol. The van der Waals surface area contributed by atoms with Crippen molar-refractivity contribution in [2.45, 2.75) is 70.1 Å².